The predicted octanol–water partition coefficient (Wildman–Crippen LogP) is 3.57. The maximum atomic E-state index is 12.3. The standard InChI is InChI=1S/C17H11N5O4/c1-26-14-5-2-11(3-6-14)17(23)16(10-19)21-20-15-7-4-13(22(24)25)8-12(15)9-18/h2-8,19H,1H3. The summed E-state index contributed by atoms with van der Waals surface area (Å²) in [5.41, 5.74) is -0.434. The lowest BCUT2D eigenvalue weighted by Crippen LogP contribution is -2.02. The van der Waals surface area contributed by atoms with E-state index in [-0.39, 0.29) is 28.2 Å². The van der Waals surface area contributed by atoms with E-state index in [4.69, 9.17) is 15.4 Å². The Morgan fingerprint density at radius 1 is 1.27 bits per heavy atom. The quantitative estimate of drug-likeness (QED) is 0.212. The summed E-state index contributed by atoms with van der Waals surface area (Å²) in [5.74, 6) is 1.87. The van der Waals surface area contributed by atoms with E-state index in [0.29, 0.717) is 5.75 Å². The number of non-ortho nitro benzene ring substituents is 1. The molecule has 0 aliphatic carbocycles. The first-order valence-corrected chi connectivity index (χ1v) is 7.09. The fourth-order valence-corrected chi connectivity index (χ4v) is 1.92. The Morgan fingerprint density at radius 3 is 2.50 bits per heavy atom. The van der Waals surface area contributed by atoms with Crippen molar-refractivity contribution in [2.75, 3.05) is 7.11 Å². The zero-order chi connectivity index (χ0) is 19.1. The highest BCUT2D eigenvalue weighted by atomic mass is 16.6. The summed E-state index contributed by atoms with van der Waals surface area (Å²) in [5, 5.41) is 34.4. The molecule has 0 bridgehead atoms. The molecule has 0 unspecified atom stereocenters. The molecule has 2 rings (SSSR count). The largest absolute Gasteiger partial charge is 0.497 e. The number of carbonyl (C=O) groups excluding carboxylic acids is 1. The molecule has 9 heteroatoms. The van der Waals surface area contributed by atoms with Gasteiger partial charge < -0.3 is 4.74 Å². The topological polar surface area (TPSA) is 142 Å². The Kier molecular flexibility index (Phi) is 5.67. The van der Waals surface area contributed by atoms with Crippen LogP contribution >= 0.6 is 0 Å². The van der Waals surface area contributed by atoms with E-state index in [2.05, 4.69) is 10.2 Å². The summed E-state index contributed by atoms with van der Waals surface area (Å²) >= 11 is 0. The number of rotatable bonds is 6. The van der Waals surface area contributed by atoms with E-state index in [0.717, 1.165) is 12.1 Å². The fraction of sp³-hybridized carbons (Fsp3) is 0.0588. The number of nitro benzene ring substituents is 1. The van der Waals surface area contributed by atoms with Gasteiger partial charge >= 0.3 is 0 Å². The minimum Gasteiger partial charge on any atom is -0.497 e. The predicted molar refractivity (Wildman–Crippen MR) is 90.9 cm³/mol. The van der Waals surface area contributed by atoms with Crippen molar-refractivity contribution in [3.8, 4) is 11.8 Å². The van der Waals surface area contributed by atoms with Gasteiger partial charge in [0.1, 0.15) is 17.5 Å². The van der Waals surface area contributed by atoms with Crippen molar-refractivity contribution < 1.29 is 14.5 Å². The Morgan fingerprint density at radius 2 is 1.96 bits per heavy atom. The zero-order valence-corrected chi connectivity index (χ0v) is 13.5. The number of nitrogens with one attached hydrogen (secondary N) is 1. The molecule has 0 saturated heterocycles. The summed E-state index contributed by atoms with van der Waals surface area (Å²) in [6.07, 6.45) is 0. The Hall–Kier alpha value is -4.15. The molecule has 0 aliphatic heterocycles. The molecule has 1 N–H and O–H groups in total. The van der Waals surface area contributed by atoms with Crippen molar-refractivity contribution in [2.24, 2.45) is 10.2 Å². The van der Waals surface area contributed by atoms with Gasteiger partial charge in [0, 0.05) is 23.6 Å². The van der Waals surface area contributed by atoms with Crippen LogP contribution in [0, 0.1) is 26.9 Å². The van der Waals surface area contributed by atoms with Gasteiger partial charge in [0.15, 0.2) is 5.70 Å². The number of Topliss-reactive ketones (excluding diaryl/α,β-unsaturated/α-hetero) is 1. The molecule has 0 amide bonds. The molecule has 0 aromatic heterocycles. The number of nitrogens with zero attached hydrogens (tertiary/aromatic N) is 4. The van der Waals surface area contributed by atoms with Crippen LogP contribution in [-0.4, -0.2) is 23.7 Å². The lowest BCUT2D eigenvalue weighted by molar-refractivity contribution is -0.384. The normalized spacial score (nSPS) is 10.0. The van der Waals surface area contributed by atoms with E-state index in [9.17, 15) is 14.9 Å². The van der Waals surface area contributed by atoms with Crippen LogP contribution in [0.2, 0.25) is 0 Å². The van der Waals surface area contributed by atoms with Crippen LogP contribution in [0.3, 0.4) is 0 Å². The number of azo groups is 1. The molecule has 2 aromatic rings. The van der Waals surface area contributed by atoms with E-state index in [1.54, 1.807) is 18.2 Å². The Balaban J connectivity index is 2.30. The van der Waals surface area contributed by atoms with Gasteiger partial charge in [-0.25, -0.2) is 0 Å². The van der Waals surface area contributed by atoms with Gasteiger partial charge in [-0.2, -0.15) is 5.26 Å². The number of allylic oxidation sites excluding steroid dienone is 1. The lowest BCUT2D eigenvalue weighted by Gasteiger charge is -2.01. The second-order valence-corrected chi connectivity index (χ2v) is 4.80. The fourth-order valence-electron chi connectivity index (χ4n) is 1.92. The molecule has 2 aromatic carbocycles. The van der Waals surface area contributed by atoms with Crippen molar-refractivity contribution in [1.82, 2.24) is 0 Å². The average molecular weight is 349 g/mol. The minimum atomic E-state index is -0.641. The molecule has 0 aliphatic rings. The van der Waals surface area contributed by atoms with Gasteiger partial charge in [0.05, 0.1) is 17.6 Å². The maximum absolute atomic E-state index is 12.3. The highest BCUT2D eigenvalue weighted by Gasteiger charge is 2.14. The number of hydrogen-bond acceptors (Lipinski definition) is 8. The number of nitriles is 1. The molecule has 0 atom stereocenters. The Bertz CT molecular complexity index is 983. The average Bonchev–Trinajstić information content (AvgIpc) is 2.68. The number of carbonyl (C=O) groups is 1. The van der Waals surface area contributed by atoms with E-state index >= 15 is 0 Å². The van der Waals surface area contributed by atoms with Crippen LogP contribution in [0.15, 0.2) is 58.4 Å². The highest BCUT2D eigenvalue weighted by molar-refractivity contribution is 6.13. The summed E-state index contributed by atoms with van der Waals surface area (Å²) < 4.78 is 5.00. The van der Waals surface area contributed by atoms with Crippen molar-refractivity contribution in [1.29, 1.82) is 10.7 Å². The molecule has 26 heavy (non-hydrogen) atoms. The second kappa shape index (κ2) is 8.10. The minimum absolute atomic E-state index is 0.0355. The second-order valence-electron chi connectivity index (χ2n) is 4.80. The molecular weight excluding hydrogens is 338 g/mol. The summed E-state index contributed by atoms with van der Waals surface area (Å²) in [6.45, 7) is 0. The molecule has 0 spiro atoms. The summed E-state index contributed by atoms with van der Waals surface area (Å²) in [4.78, 5) is 22.4. The molecule has 0 fully saturated rings. The van der Waals surface area contributed by atoms with Gasteiger partial charge in [-0.05, 0) is 30.3 Å². The number of ether oxygens (including phenoxy) is 1. The van der Waals surface area contributed by atoms with Crippen molar-refractivity contribution in [2.45, 2.75) is 0 Å². The van der Waals surface area contributed by atoms with Crippen molar-refractivity contribution >= 4 is 23.0 Å². The van der Waals surface area contributed by atoms with Crippen LogP contribution in [0.4, 0.5) is 11.4 Å². The van der Waals surface area contributed by atoms with E-state index in [1.165, 1.54) is 25.3 Å². The third-order valence-corrected chi connectivity index (χ3v) is 3.25. The highest BCUT2D eigenvalue weighted by Crippen LogP contribution is 2.25. The van der Waals surface area contributed by atoms with Gasteiger partial charge in [0.2, 0.25) is 5.78 Å². The van der Waals surface area contributed by atoms with Gasteiger partial charge in [-0.15, -0.1) is 10.2 Å². The molecule has 0 heterocycles. The van der Waals surface area contributed by atoms with Crippen molar-refractivity contribution in [3.05, 3.63) is 69.4 Å². The van der Waals surface area contributed by atoms with Crippen LogP contribution in [0.25, 0.3) is 0 Å². The van der Waals surface area contributed by atoms with Gasteiger partial charge in [-0.3, -0.25) is 20.3 Å². The molecular formula is C17H11N5O4. The first-order valence-electron chi connectivity index (χ1n) is 7.09. The van der Waals surface area contributed by atoms with Gasteiger partial charge in [-0.1, -0.05) is 0 Å². The maximum Gasteiger partial charge on any atom is 0.270 e. The smallest absolute Gasteiger partial charge is 0.270 e. The van der Waals surface area contributed by atoms with Crippen LogP contribution in [0.5, 0.6) is 5.75 Å². The molecule has 128 valence electrons. The lowest BCUT2D eigenvalue weighted by atomic mass is 10.1. The summed E-state index contributed by atoms with van der Waals surface area (Å²) in [6, 6.07) is 11.4. The zero-order valence-electron chi connectivity index (χ0n) is 13.5. The van der Waals surface area contributed by atoms with Gasteiger partial charge in [0.25, 0.3) is 5.69 Å². The number of nitro groups is 1. The number of ketones is 1. The van der Waals surface area contributed by atoms with E-state index in [1.807, 2.05) is 5.87 Å². The number of benzene rings is 2. The van der Waals surface area contributed by atoms with Crippen molar-refractivity contribution in [3.63, 3.8) is 0 Å². The third-order valence-electron chi connectivity index (χ3n) is 3.25. The number of methoxy groups -OCH3 is 1. The first kappa shape index (κ1) is 18.2. The summed E-state index contributed by atoms with van der Waals surface area (Å²) in [7, 11) is 1.49. The molecule has 9 nitrogen and oxygen atoms in total. The number of hydrogen-bond donors (Lipinski definition) is 1. The SMILES string of the molecule is COc1ccc(C(=O)C(=C=N)N=Nc2ccc([N+](=O)[O-])cc2C#N)cc1. The van der Waals surface area contributed by atoms with Crippen LogP contribution < -0.4 is 4.74 Å². The third kappa shape index (κ3) is 4.03. The molecule has 0 radical (unpaired) electrons. The van der Waals surface area contributed by atoms with Crippen LogP contribution in [-0.2, 0) is 0 Å². The monoisotopic (exact) mass is 349 g/mol. The van der Waals surface area contributed by atoms with Crippen LogP contribution in [0.1, 0.15) is 15.9 Å². The van der Waals surface area contributed by atoms with E-state index < -0.39 is 10.7 Å². The Labute approximate surface area is 147 Å². The first-order chi connectivity index (χ1) is 12.5. The molecule has 0 saturated carbocycles.